The largest absolute Gasteiger partial charge is 0.481 e. The van der Waals surface area contributed by atoms with E-state index in [9.17, 15) is 19.5 Å². The third-order valence-corrected chi connectivity index (χ3v) is 4.49. The lowest BCUT2D eigenvalue weighted by Crippen LogP contribution is -2.51. The Kier molecular flexibility index (Phi) is 4.82. The molecule has 1 amide bonds. The van der Waals surface area contributed by atoms with Gasteiger partial charge in [0.15, 0.2) is 0 Å². The minimum absolute atomic E-state index is 0.0297. The van der Waals surface area contributed by atoms with Gasteiger partial charge in [0.1, 0.15) is 0 Å². The molecule has 7 heteroatoms. The number of rotatable bonds is 4. The quantitative estimate of drug-likeness (QED) is 0.780. The summed E-state index contributed by atoms with van der Waals surface area (Å²) in [6, 6.07) is 0. The van der Waals surface area contributed by atoms with Crippen molar-refractivity contribution in [2.45, 2.75) is 32.3 Å². The molecule has 0 radical (unpaired) electrons. The Morgan fingerprint density at radius 1 is 1.10 bits per heavy atom. The van der Waals surface area contributed by atoms with Crippen LogP contribution in [0.3, 0.4) is 0 Å². The zero-order valence-corrected chi connectivity index (χ0v) is 12.0. The van der Waals surface area contributed by atoms with Crippen LogP contribution in [0.2, 0.25) is 0 Å². The number of amides is 1. The van der Waals surface area contributed by atoms with E-state index in [1.807, 2.05) is 6.92 Å². The number of aliphatic carboxylic acids is 2. The lowest BCUT2D eigenvalue weighted by molar-refractivity contribution is -0.160. The Labute approximate surface area is 122 Å². The number of piperidine rings is 1. The van der Waals surface area contributed by atoms with Gasteiger partial charge in [-0.2, -0.15) is 0 Å². The van der Waals surface area contributed by atoms with Crippen LogP contribution in [-0.2, 0) is 19.1 Å². The van der Waals surface area contributed by atoms with Crippen LogP contribution in [0.4, 0.5) is 0 Å². The molecule has 0 aromatic carbocycles. The summed E-state index contributed by atoms with van der Waals surface area (Å²) in [6.07, 6.45) is 1.46. The highest BCUT2D eigenvalue weighted by atomic mass is 16.5. The molecule has 2 rings (SSSR count). The van der Waals surface area contributed by atoms with Gasteiger partial charge in [-0.1, -0.05) is 6.92 Å². The van der Waals surface area contributed by atoms with Crippen LogP contribution in [0.5, 0.6) is 0 Å². The van der Waals surface area contributed by atoms with E-state index in [1.54, 1.807) is 0 Å². The van der Waals surface area contributed by atoms with Crippen LogP contribution in [0.1, 0.15) is 26.2 Å². The maximum atomic E-state index is 12.5. The molecule has 118 valence electrons. The van der Waals surface area contributed by atoms with Gasteiger partial charge in [0.2, 0.25) is 5.91 Å². The van der Waals surface area contributed by atoms with Crippen molar-refractivity contribution < 1.29 is 29.3 Å². The second-order valence-corrected chi connectivity index (χ2v) is 5.68. The number of nitrogens with zero attached hydrogens (tertiary/aromatic N) is 1. The summed E-state index contributed by atoms with van der Waals surface area (Å²) in [6.45, 7) is 2.76. The standard InChI is InChI=1S/C14H21NO6/c1-2-11-9(4-6-21-11)12(16)15-5-3-8(13(17)18)10(7-15)14(19)20/h8-11H,2-7H2,1H3,(H,17,18)(H,19,20). The van der Waals surface area contributed by atoms with Crippen molar-refractivity contribution in [2.75, 3.05) is 19.7 Å². The van der Waals surface area contributed by atoms with Crippen molar-refractivity contribution in [3.63, 3.8) is 0 Å². The third-order valence-electron chi connectivity index (χ3n) is 4.49. The number of carboxylic acid groups (broad SMARTS) is 2. The van der Waals surface area contributed by atoms with Crippen LogP contribution < -0.4 is 0 Å². The zero-order chi connectivity index (χ0) is 15.6. The summed E-state index contributed by atoms with van der Waals surface area (Å²) in [7, 11) is 0. The fraction of sp³-hybridized carbons (Fsp3) is 0.786. The van der Waals surface area contributed by atoms with Crippen LogP contribution in [-0.4, -0.2) is 58.8 Å². The van der Waals surface area contributed by atoms with Gasteiger partial charge in [-0.3, -0.25) is 14.4 Å². The number of carboxylic acids is 2. The first-order valence-electron chi connectivity index (χ1n) is 7.31. The monoisotopic (exact) mass is 299 g/mol. The molecule has 0 spiro atoms. The van der Waals surface area contributed by atoms with E-state index >= 15 is 0 Å². The molecular weight excluding hydrogens is 278 g/mol. The van der Waals surface area contributed by atoms with Crippen molar-refractivity contribution in [3.8, 4) is 0 Å². The Hall–Kier alpha value is -1.63. The molecule has 0 bridgehead atoms. The predicted molar refractivity (Wildman–Crippen MR) is 71.6 cm³/mol. The van der Waals surface area contributed by atoms with Gasteiger partial charge in [0.25, 0.3) is 0 Å². The predicted octanol–water partition coefficient (Wildman–Crippen LogP) is 0.435. The summed E-state index contributed by atoms with van der Waals surface area (Å²) in [5.41, 5.74) is 0. The van der Waals surface area contributed by atoms with Crippen molar-refractivity contribution >= 4 is 17.8 Å². The van der Waals surface area contributed by atoms with Gasteiger partial charge in [0.05, 0.1) is 23.9 Å². The highest BCUT2D eigenvalue weighted by Crippen LogP contribution is 2.30. The number of carbonyl (C=O) groups is 3. The minimum Gasteiger partial charge on any atom is -0.481 e. The fourth-order valence-corrected chi connectivity index (χ4v) is 3.27. The Balaban J connectivity index is 2.06. The lowest BCUT2D eigenvalue weighted by atomic mass is 9.84. The van der Waals surface area contributed by atoms with Crippen molar-refractivity contribution in [1.29, 1.82) is 0 Å². The Morgan fingerprint density at radius 2 is 1.76 bits per heavy atom. The molecule has 0 aliphatic carbocycles. The van der Waals surface area contributed by atoms with Crippen LogP contribution in [0.25, 0.3) is 0 Å². The highest BCUT2D eigenvalue weighted by Gasteiger charge is 2.43. The van der Waals surface area contributed by atoms with Crippen LogP contribution >= 0.6 is 0 Å². The molecule has 2 heterocycles. The topological polar surface area (TPSA) is 104 Å². The van der Waals surface area contributed by atoms with Gasteiger partial charge >= 0.3 is 11.9 Å². The molecular formula is C14H21NO6. The molecule has 0 aromatic rings. The van der Waals surface area contributed by atoms with E-state index in [0.717, 1.165) is 6.42 Å². The van der Waals surface area contributed by atoms with E-state index in [0.29, 0.717) is 19.6 Å². The number of hydrogen-bond donors (Lipinski definition) is 2. The van der Waals surface area contributed by atoms with Crippen LogP contribution in [0, 0.1) is 17.8 Å². The number of ether oxygens (including phenoxy) is 1. The smallest absolute Gasteiger partial charge is 0.309 e. The summed E-state index contributed by atoms with van der Waals surface area (Å²) < 4.78 is 5.50. The summed E-state index contributed by atoms with van der Waals surface area (Å²) in [4.78, 5) is 36.4. The maximum Gasteiger partial charge on any atom is 0.309 e. The van der Waals surface area contributed by atoms with Gasteiger partial charge in [0, 0.05) is 19.7 Å². The molecule has 21 heavy (non-hydrogen) atoms. The first-order valence-corrected chi connectivity index (χ1v) is 7.31. The molecule has 0 aromatic heterocycles. The Bertz CT molecular complexity index is 437. The number of likely N-dealkylation sites (tertiary alicyclic amines) is 1. The second kappa shape index (κ2) is 6.43. The SMILES string of the molecule is CCC1OCCC1C(=O)N1CCC(C(=O)O)C(C(=O)O)C1. The molecule has 2 saturated heterocycles. The first kappa shape index (κ1) is 15.8. The summed E-state index contributed by atoms with van der Waals surface area (Å²) >= 11 is 0. The molecule has 2 fully saturated rings. The first-order chi connectivity index (χ1) is 9.95. The van der Waals surface area contributed by atoms with Crippen LogP contribution in [0.15, 0.2) is 0 Å². The van der Waals surface area contributed by atoms with Crippen molar-refractivity contribution in [3.05, 3.63) is 0 Å². The molecule has 2 aliphatic rings. The summed E-state index contributed by atoms with van der Waals surface area (Å²) in [5, 5.41) is 18.3. The number of carbonyl (C=O) groups excluding carboxylic acids is 1. The average Bonchev–Trinajstić information content (AvgIpc) is 2.94. The van der Waals surface area contributed by atoms with Crippen molar-refractivity contribution in [1.82, 2.24) is 4.90 Å². The lowest BCUT2D eigenvalue weighted by Gasteiger charge is -2.36. The Morgan fingerprint density at radius 3 is 2.33 bits per heavy atom. The molecule has 4 atom stereocenters. The third kappa shape index (κ3) is 3.18. The second-order valence-electron chi connectivity index (χ2n) is 5.68. The number of hydrogen-bond acceptors (Lipinski definition) is 4. The highest BCUT2D eigenvalue weighted by molar-refractivity contribution is 5.84. The van der Waals surface area contributed by atoms with E-state index in [1.165, 1.54) is 4.90 Å². The average molecular weight is 299 g/mol. The van der Waals surface area contributed by atoms with Crippen molar-refractivity contribution in [2.24, 2.45) is 17.8 Å². The minimum atomic E-state index is -1.16. The fourth-order valence-electron chi connectivity index (χ4n) is 3.27. The molecule has 4 unspecified atom stereocenters. The van der Waals surface area contributed by atoms with E-state index in [4.69, 9.17) is 9.84 Å². The summed E-state index contributed by atoms with van der Waals surface area (Å²) in [5.74, 6) is -4.56. The van der Waals surface area contributed by atoms with E-state index in [-0.39, 0.29) is 30.9 Å². The van der Waals surface area contributed by atoms with Gasteiger partial charge in [-0.25, -0.2) is 0 Å². The maximum absolute atomic E-state index is 12.5. The molecule has 2 N–H and O–H groups in total. The van der Waals surface area contributed by atoms with E-state index < -0.39 is 23.8 Å². The molecule has 2 aliphatic heterocycles. The van der Waals surface area contributed by atoms with E-state index in [2.05, 4.69) is 0 Å². The normalized spacial score (nSPS) is 32.9. The van der Waals surface area contributed by atoms with Gasteiger partial charge < -0.3 is 19.8 Å². The molecule has 0 saturated carbocycles. The zero-order valence-electron chi connectivity index (χ0n) is 12.0. The van der Waals surface area contributed by atoms with Gasteiger partial charge in [-0.15, -0.1) is 0 Å². The molecule has 7 nitrogen and oxygen atoms in total. The van der Waals surface area contributed by atoms with Gasteiger partial charge in [-0.05, 0) is 19.3 Å².